The third kappa shape index (κ3) is 4.04. The van der Waals surface area contributed by atoms with Crippen LogP contribution in [0.15, 0.2) is 30.3 Å². The highest BCUT2D eigenvalue weighted by Crippen LogP contribution is 2.27. The lowest BCUT2D eigenvalue weighted by Crippen LogP contribution is -2.29. The minimum atomic E-state index is -1.12. The molecule has 0 aliphatic carbocycles. The maximum Gasteiger partial charge on any atom is 0.314 e. The predicted octanol–water partition coefficient (Wildman–Crippen LogP) is 3.81. The summed E-state index contributed by atoms with van der Waals surface area (Å²) in [7, 11) is 0. The third-order valence-electron chi connectivity index (χ3n) is 3.05. The molecule has 0 aromatic heterocycles. The molecule has 0 aliphatic heterocycles. The van der Waals surface area contributed by atoms with Crippen LogP contribution in [-0.4, -0.2) is 11.8 Å². The number of hydrogen-bond acceptors (Lipinski definition) is 2. The summed E-state index contributed by atoms with van der Waals surface area (Å²) in [5.74, 6) is -4.16. The Morgan fingerprint density at radius 3 is 2.22 bits per heavy atom. The first kappa shape index (κ1) is 16.9. The van der Waals surface area contributed by atoms with Crippen molar-refractivity contribution in [2.75, 3.05) is 10.6 Å². The van der Waals surface area contributed by atoms with Gasteiger partial charge >= 0.3 is 11.8 Å². The van der Waals surface area contributed by atoms with E-state index in [9.17, 15) is 18.4 Å². The van der Waals surface area contributed by atoms with E-state index in [1.807, 2.05) is 6.92 Å². The van der Waals surface area contributed by atoms with E-state index in [1.54, 1.807) is 19.1 Å². The quantitative estimate of drug-likeness (QED) is 0.818. The summed E-state index contributed by atoms with van der Waals surface area (Å²) in [5, 5.41) is 4.88. The van der Waals surface area contributed by atoms with Crippen LogP contribution in [0.2, 0.25) is 5.02 Å². The summed E-state index contributed by atoms with van der Waals surface area (Å²) >= 11 is 6.04. The Morgan fingerprint density at radius 1 is 0.957 bits per heavy atom. The number of anilines is 2. The number of rotatable bonds is 2. The zero-order chi connectivity index (χ0) is 17.1. The van der Waals surface area contributed by atoms with Gasteiger partial charge in [-0.3, -0.25) is 9.59 Å². The number of aryl methyl sites for hydroxylation is 2. The SMILES string of the molecule is Cc1cc(C)c(NC(=O)C(=O)Nc2ccc(F)c(F)c2)c(Cl)c1. The molecule has 0 atom stereocenters. The molecule has 0 saturated heterocycles. The van der Waals surface area contributed by atoms with Crippen molar-refractivity contribution in [3.05, 3.63) is 58.1 Å². The number of carbonyl (C=O) groups excluding carboxylic acids is 2. The minimum Gasteiger partial charge on any atom is -0.318 e. The minimum absolute atomic E-state index is 0.0317. The number of nitrogens with one attached hydrogen (secondary N) is 2. The fourth-order valence-corrected chi connectivity index (χ4v) is 2.37. The molecule has 120 valence electrons. The van der Waals surface area contributed by atoms with Crippen LogP contribution < -0.4 is 10.6 Å². The molecular weight excluding hydrogens is 326 g/mol. The maximum atomic E-state index is 13.1. The van der Waals surface area contributed by atoms with Crippen LogP contribution in [0.1, 0.15) is 11.1 Å². The molecule has 0 unspecified atom stereocenters. The van der Waals surface area contributed by atoms with Gasteiger partial charge in [-0.2, -0.15) is 0 Å². The second-order valence-corrected chi connectivity index (χ2v) is 5.38. The van der Waals surface area contributed by atoms with Crippen molar-refractivity contribution in [3.8, 4) is 0 Å². The number of carbonyl (C=O) groups is 2. The van der Waals surface area contributed by atoms with Crippen molar-refractivity contribution in [2.24, 2.45) is 0 Å². The number of amides is 2. The fourth-order valence-electron chi connectivity index (χ4n) is 2.01. The second kappa shape index (κ2) is 6.75. The molecule has 2 aromatic carbocycles. The van der Waals surface area contributed by atoms with E-state index < -0.39 is 23.4 Å². The van der Waals surface area contributed by atoms with E-state index in [1.165, 1.54) is 0 Å². The topological polar surface area (TPSA) is 58.2 Å². The van der Waals surface area contributed by atoms with E-state index in [-0.39, 0.29) is 5.69 Å². The van der Waals surface area contributed by atoms with Gasteiger partial charge in [0.15, 0.2) is 11.6 Å². The molecule has 2 rings (SSSR count). The summed E-state index contributed by atoms with van der Waals surface area (Å²) in [6, 6.07) is 6.23. The van der Waals surface area contributed by atoms with Crippen LogP contribution in [0.5, 0.6) is 0 Å². The zero-order valence-electron chi connectivity index (χ0n) is 12.3. The molecule has 2 amide bonds. The average Bonchev–Trinajstić information content (AvgIpc) is 2.46. The van der Waals surface area contributed by atoms with E-state index in [4.69, 9.17) is 11.6 Å². The lowest BCUT2D eigenvalue weighted by atomic mass is 10.1. The van der Waals surface area contributed by atoms with Crippen molar-refractivity contribution in [3.63, 3.8) is 0 Å². The first-order chi connectivity index (χ1) is 10.8. The Hall–Kier alpha value is -2.47. The number of halogens is 3. The van der Waals surface area contributed by atoms with Gasteiger partial charge in [0.2, 0.25) is 0 Å². The lowest BCUT2D eigenvalue weighted by Gasteiger charge is -2.11. The number of benzene rings is 2. The summed E-state index contributed by atoms with van der Waals surface area (Å²) in [5.41, 5.74) is 1.90. The Labute approximate surface area is 136 Å². The van der Waals surface area contributed by atoms with Crippen LogP contribution in [0.25, 0.3) is 0 Å². The van der Waals surface area contributed by atoms with Gasteiger partial charge < -0.3 is 10.6 Å². The van der Waals surface area contributed by atoms with Crippen molar-refractivity contribution in [1.29, 1.82) is 0 Å². The molecular formula is C16H13ClF2N2O2. The smallest absolute Gasteiger partial charge is 0.314 e. The van der Waals surface area contributed by atoms with Crippen LogP contribution >= 0.6 is 11.6 Å². The monoisotopic (exact) mass is 338 g/mol. The molecule has 2 aromatic rings. The van der Waals surface area contributed by atoms with Crippen molar-refractivity contribution in [2.45, 2.75) is 13.8 Å². The van der Waals surface area contributed by atoms with Gasteiger partial charge in [0.05, 0.1) is 10.7 Å². The van der Waals surface area contributed by atoms with Crippen LogP contribution in [-0.2, 0) is 9.59 Å². The average molecular weight is 339 g/mol. The molecule has 2 N–H and O–H groups in total. The molecule has 7 heteroatoms. The van der Waals surface area contributed by atoms with Gasteiger partial charge in [0, 0.05) is 11.8 Å². The second-order valence-electron chi connectivity index (χ2n) is 4.98. The highest BCUT2D eigenvalue weighted by atomic mass is 35.5. The lowest BCUT2D eigenvalue weighted by molar-refractivity contribution is -0.133. The molecule has 0 radical (unpaired) electrons. The summed E-state index contributed by atoms with van der Waals surface area (Å²) < 4.78 is 25.9. The van der Waals surface area contributed by atoms with Gasteiger partial charge in [-0.05, 0) is 43.2 Å². The van der Waals surface area contributed by atoms with Crippen LogP contribution in [0.3, 0.4) is 0 Å². The van der Waals surface area contributed by atoms with Gasteiger partial charge in [0.25, 0.3) is 0 Å². The molecule has 0 spiro atoms. The largest absolute Gasteiger partial charge is 0.318 e. The third-order valence-corrected chi connectivity index (χ3v) is 3.35. The first-order valence-corrected chi connectivity index (χ1v) is 7.00. The van der Waals surface area contributed by atoms with E-state index in [0.717, 1.165) is 23.8 Å². The highest BCUT2D eigenvalue weighted by Gasteiger charge is 2.17. The van der Waals surface area contributed by atoms with Crippen LogP contribution in [0.4, 0.5) is 20.2 Å². The Bertz CT molecular complexity index is 771. The molecule has 0 bridgehead atoms. The molecule has 0 saturated carbocycles. The van der Waals surface area contributed by atoms with Gasteiger partial charge in [-0.25, -0.2) is 8.78 Å². The van der Waals surface area contributed by atoms with E-state index in [0.29, 0.717) is 16.3 Å². The van der Waals surface area contributed by atoms with Gasteiger partial charge in [-0.15, -0.1) is 0 Å². The number of hydrogen-bond donors (Lipinski definition) is 2. The molecule has 4 nitrogen and oxygen atoms in total. The molecule has 0 heterocycles. The van der Waals surface area contributed by atoms with Gasteiger partial charge in [-0.1, -0.05) is 17.7 Å². The van der Waals surface area contributed by atoms with Crippen LogP contribution in [0, 0.1) is 25.5 Å². The van der Waals surface area contributed by atoms with Crippen molar-refractivity contribution in [1.82, 2.24) is 0 Å². The Morgan fingerprint density at radius 2 is 1.61 bits per heavy atom. The highest BCUT2D eigenvalue weighted by molar-refractivity contribution is 6.45. The summed E-state index contributed by atoms with van der Waals surface area (Å²) in [6.07, 6.45) is 0. The van der Waals surface area contributed by atoms with E-state index in [2.05, 4.69) is 10.6 Å². The molecule has 0 aliphatic rings. The zero-order valence-corrected chi connectivity index (χ0v) is 13.1. The molecule has 0 fully saturated rings. The van der Waals surface area contributed by atoms with E-state index >= 15 is 0 Å². The fraction of sp³-hybridized carbons (Fsp3) is 0.125. The normalized spacial score (nSPS) is 10.3. The van der Waals surface area contributed by atoms with Gasteiger partial charge in [0.1, 0.15) is 0 Å². The predicted molar refractivity (Wildman–Crippen MR) is 84.5 cm³/mol. The maximum absolute atomic E-state index is 13.1. The summed E-state index contributed by atoms with van der Waals surface area (Å²) in [4.78, 5) is 23.7. The Kier molecular flexibility index (Phi) is 4.95. The van der Waals surface area contributed by atoms with Crippen molar-refractivity contribution >= 4 is 34.8 Å². The first-order valence-electron chi connectivity index (χ1n) is 6.62. The Balaban J connectivity index is 2.11. The summed E-state index contributed by atoms with van der Waals surface area (Å²) in [6.45, 7) is 3.59. The molecule has 23 heavy (non-hydrogen) atoms. The standard InChI is InChI=1S/C16H13ClF2N2O2/c1-8-5-9(2)14(11(17)6-8)21-16(23)15(22)20-10-3-4-12(18)13(19)7-10/h3-7H,1-2H3,(H,20,22)(H,21,23). The van der Waals surface area contributed by atoms with Crippen molar-refractivity contribution < 1.29 is 18.4 Å².